The summed E-state index contributed by atoms with van der Waals surface area (Å²) in [6.07, 6.45) is 2.75. The van der Waals surface area contributed by atoms with Gasteiger partial charge in [-0.1, -0.05) is 88.4 Å². The van der Waals surface area contributed by atoms with Gasteiger partial charge < -0.3 is 4.43 Å². The number of benzene rings is 2. The van der Waals surface area contributed by atoms with Gasteiger partial charge in [-0.05, 0) is 34.2 Å². The van der Waals surface area contributed by atoms with Crippen molar-refractivity contribution in [2.75, 3.05) is 6.61 Å². The number of carbonyl (C=O) groups excluding carboxylic acids is 1. The average molecular weight is 381 g/mol. The van der Waals surface area contributed by atoms with Crippen LogP contribution in [0.4, 0.5) is 0 Å². The fourth-order valence-electron chi connectivity index (χ4n) is 4.38. The van der Waals surface area contributed by atoms with Crippen molar-refractivity contribution in [3.05, 3.63) is 60.7 Å². The molecule has 0 aromatic heterocycles. The summed E-state index contributed by atoms with van der Waals surface area (Å²) in [6, 6.07) is 21.5. The van der Waals surface area contributed by atoms with Crippen molar-refractivity contribution in [3.8, 4) is 0 Å². The van der Waals surface area contributed by atoms with E-state index < -0.39 is 8.32 Å². The highest BCUT2D eigenvalue weighted by molar-refractivity contribution is 6.99. The van der Waals surface area contributed by atoms with Gasteiger partial charge in [0.2, 0.25) is 0 Å². The largest absolute Gasteiger partial charge is 0.407 e. The van der Waals surface area contributed by atoms with Gasteiger partial charge in [-0.2, -0.15) is 0 Å². The number of hydrogen-bond acceptors (Lipinski definition) is 2. The third-order valence-electron chi connectivity index (χ3n) is 6.00. The minimum absolute atomic E-state index is 0.0122. The lowest BCUT2D eigenvalue weighted by molar-refractivity contribution is -0.125. The van der Waals surface area contributed by atoms with Gasteiger partial charge in [-0.15, -0.1) is 0 Å². The van der Waals surface area contributed by atoms with E-state index in [2.05, 4.69) is 88.4 Å². The summed E-state index contributed by atoms with van der Waals surface area (Å²) in [6.45, 7) is 9.63. The molecule has 0 radical (unpaired) electrons. The highest BCUT2D eigenvalue weighted by Crippen LogP contribution is 2.38. The first-order valence-electron chi connectivity index (χ1n) is 10.1. The molecule has 0 aliphatic heterocycles. The first-order valence-corrected chi connectivity index (χ1v) is 12.0. The summed E-state index contributed by atoms with van der Waals surface area (Å²) < 4.78 is 6.98. The van der Waals surface area contributed by atoms with Crippen LogP contribution in [0.15, 0.2) is 60.7 Å². The zero-order valence-electron chi connectivity index (χ0n) is 17.1. The minimum atomic E-state index is -2.48. The number of Topliss-reactive ketones (excluding diaryl/α,β-unsaturated/α-hetero) is 1. The van der Waals surface area contributed by atoms with Crippen LogP contribution < -0.4 is 10.4 Å². The van der Waals surface area contributed by atoms with E-state index in [1.807, 2.05) is 0 Å². The van der Waals surface area contributed by atoms with E-state index in [1.165, 1.54) is 10.4 Å². The lowest BCUT2D eigenvalue weighted by Crippen LogP contribution is -2.67. The molecule has 0 bridgehead atoms. The van der Waals surface area contributed by atoms with E-state index in [-0.39, 0.29) is 11.0 Å². The molecule has 1 saturated carbocycles. The zero-order valence-corrected chi connectivity index (χ0v) is 18.1. The van der Waals surface area contributed by atoms with Crippen LogP contribution in [0.5, 0.6) is 0 Å². The van der Waals surface area contributed by atoms with Crippen molar-refractivity contribution in [2.24, 2.45) is 11.8 Å². The second kappa shape index (κ2) is 8.11. The van der Waals surface area contributed by atoms with E-state index in [0.29, 0.717) is 24.7 Å². The van der Waals surface area contributed by atoms with E-state index in [4.69, 9.17) is 4.43 Å². The Morgan fingerprint density at radius 2 is 1.44 bits per heavy atom. The van der Waals surface area contributed by atoms with Crippen molar-refractivity contribution in [1.29, 1.82) is 0 Å². The van der Waals surface area contributed by atoms with Crippen LogP contribution in [-0.2, 0) is 9.22 Å². The number of rotatable bonds is 5. The van der Waals surface area contributed by atoms with Crippen LogP contribution in [0.25, 0.3) is 0 Å². The van der Waals surface area contributed by atoms with Crippen LogP contribution in [0, 0.1) is 11.8 Å². The molecule has 0 amide bonds. The van der Waals surface area contributed by atoms with Crippen LogP contribution >= 0.6 is 0 Å². The van der Waals surface area contributed by atoms with Crippen molar-refractivity contribution in [2.45, 2.75) is 52.0 Å². The lowest BCUT2D eigenvalue weighted by atomic mass is 9.82. The van der Waals surface area contributed by atoms with Crippen LogP contribution in [0.3, 0.4) is 0 Å². The van der Waals surface area contributed by atoms with Crippen molar-refractivity contribution >= 4 is 24.5 Å². The summed E-state index contributed by atoms with van der Waals surface area (Å²) in [5, 5.41) is 2.60. The van der Waals surface area contributed by atoms with E-state index in [9.17, 15) is 4.79 Å². The summed E-state index contributed by atoms with van der Waals surface area (Å²) in [5.41, 5.74) is 0. The molecular weight excluding hydrogens is 348 g/mol. The predicted molar refractivity (Wildman–Crippen MR) is 115 cm³/mol. The van der Waals surface area contributed by atoms with Crippen molar-refractivity contribution in [3.63, 3.8) is 0 Å². The summed E-state index contributed by atoms with van der Waals surface area (Å²) >= 11 is 0. The number of carbonyl (C=O) groups is 1. The fourth-order valence-corrected chi connectivity index (χ4v) is 9.02. The van der Waals surface area contributed by atoms with Gasteiger partial charge in [0, 0.05) is 18.9 Å². The third kappa shape index (κ3) is 4.09. The molecule has 0 saturated heterocycles. The average Bonchev–Trinajstić information content (AvgIpc) is 2.66. The van der Waals surface area contributed by atoms with Gasteiger partial charge in [0.05, 0.1) is 0 Å². The molecule has 3 rings (SSSR count). The van der Waals surface area contributed by atoms with Gasteiger partial charge in [0.1, 0.15) is 5.78 Å². The summed E-state index contributed by atoms with van der Waals surface area (Å²) in [7, 11) is -2.48. The normalized spacial score (nSPS) is 21.3. The zero-order chi connectivity index (χ0) is 19.5. The quantitative estimate of drug-likeness (QED) is 0.710. The topological polar surface area (TPSA) is 26.3 Å². The van der Waals surface area contributed by atoms with Gasteiger partial charge in [-0.25, -0.2) is 0 Å². The van der Waals surface area contributed by atoms with Crippen LogP contribution in [0.2, 0.25) is 5.04 Å². The smallest absolute Gasteiger partial charge is 0.261 e. The Morgan fingerprint density at radius 3 is 1.89 bits per heavy atom. The molecule has 2 aromatic rings. The maximum atomic E-state index is 12.2. The molecular formula is C24H32O2Si. The second-order valence-corrected chi connectivity index (χ2v) is 13.3. The molecule has 144 valence electrons. The van der Waals surface area contributed by atoms with Crippen molar-refractivity contribution < 1.29 is 9.22 Å². The summed E-state index contributed by atoms with van der Waals surface area (Å²) in [4.78, 5) is 12.2. The number of ketones is 1. The van der Waals surface area contributed by atoms with E-state index in [0.717, 1.165) is 12.8 Å². The maximum Gasteiger partial charge on any atom is 0.261 e. The van der Waals surface area contributed by atoms with Gasteiger partial charge in [0.15, 0.2) is 0 Å². The molecule has 0 spiro atoms. The van der Waals surface area contributed by atoms with E-state index in [1.54, 1.807) is 0 Å². The van der Waals surface area contributed by atoms with Crippen molar-refractivity contribution in [1.82, 2.24) is 0 Å². The Labute approximate surface area is 165 Å². The second-order valence-electron chi connectivity index (χ2n) is 8.99. The van der Waals surface area contributed by atoms with E-state index >= 15 is 0 Å². The van der Waals surface area contributed by atoms with Gasteiger partial charge in [0.25, 0.3) is 8.32 Å². The summed E-state index contributed by atoms with van der Waals surface area (Å²) in [5.74, 6) is 0.960. The minimum Gasteiger partial charge on any atom is -0.407 e. The maximum absolute atomic E-state index is 12.2. The van der Waals surface area contributed by atoms with Crippen LogP contribution in [-0.4, -0.2) is 20.7 Å². The predicted octanol–water partition coefficient (Wildman–Crippen LogP) is 4.57. The highest BCUT2D eigenvalue weighted by Gasteiger charge is 2.50. The SMILES string of the molecule is C[C@@H]1CC[C@H](CO[Si](c2ccccc2)(c2ccccc2)C(C)(C)C)CC1=O. The van der Waals surface area contributed by atoms with Crippen LogP contribution in [0.1, 0.15) is 47.0 Å². The molecule has 2 aromatic carbocycles. The Bertz CT molecular complexity index is 709. The molecule has 0 N–H and O–H groups in total. The Hall–Kier alpha value is -1.71. The third-order valence-corrected chi connectivity index (χ3v) is 11.0. The molecule has 2 nitrogen and oxygen atoms in total. The molecule has 1 aliphatic carbocycles. The molecule has 1 fully saturated rings. The standard InChI is InChI=1S/C24H32O2Si/c1-19-15-16-20(17-23(19)25)18-26-27(24(2,3)4,21-11-7-5-8-12-21)22-13-9-6-10-14-22/h5-14,19-20H,15-18H2,1-4H3/t19-,20+/m1/s1. The fraction of sp³-hybridized carbons (Fsp3) is 0.458. The Kier molecular flexibility index (Phi) is 6.02. The lowest BCUT2D eigenvalue weighted by Gasteiger charge is -2.44. The first-order chi connectivity index (χ1) is 12.8. The van der Waals surface area contributed by atoms with Gasteiger partial charge >= 0.3 is 0 Å². The molecule has 0 heterocycles. The molecule has 2 atom stereocenters. The Balaban J connectivity index is 1.98. The highest BCUT2D eigenvalue weighted by atomic mass is 28.4. The molecule has 1 aliphatic rings. The molecule has 3 heteroatoms. The molecule has 0 unspecified atom stereocenters. The number of hydrogen-bond donors (Lipinski definition) is 0. The first kappa shape index (κ1) is 20.0. The monoisotopic (exact) mass is 380 g/mol. The van der Waals surface area contributed by atoms with Gasteiger partial charge in [-0.3, -0.25) is 4.79 Å². The Morgan fingerprint density at radius 1 is 0.926 bits per heavy atom. The molecule has 27 heavy (non-hydrogen) atoms.